The van der Waals surface area contributed by atoms with E-state index in [0.29, 0.717) is 18.7 Å². The van der Waals surface area contributed by atoms with Gasteiger partial charge in [-0.25, -0.2) is 9.97 Å². The summed E-state index contributed by atoms with van der Waals surface area (Å²) >= 11 is 0. The van der Waals surface area contributed by atoms with Crippen LogP contribution in [0.4, 0.5) is 0 Å². The van der Waals surface area contributed by atoms with E-state index in [-0.39, 0.29) is 0 Å². The number of aromatic nitrogens is 2. The molecule has 0 atom stereocenters. The Morgan fingerprint density at radius 1 is 1.11 bits per heavy atom. The maximum Gasteiger partial charge on any atom is 0.229 e. The van der Waals surface area contributed by atoms with Crippen LogP contribution in [0.5, 0.6) is 0 Å². The number of rotatable bonds is 4. The lowest BCUT2D eigenvalue weighted by atomic mass is 9.96. The third kappa shape index (κ3) is 3.52. The van der Waals surface area contributed by atoms with E-state index in [1.807, 2.05) is 26.8 Å². The van der Waals surface area contributed by atoms with Crippen LogP contribution in [0.25, 0.3) is 22.4 Å². The van der Waals surface area contributed by atoms with Crippen molar-refractivity contribution in [3.63, 3.8) is 0 Å². The van der Waals surface area contributed by atoms with Crippen molar-refractivity contribution in [3.05, 3.63) is 59.2 Å². The van der Waals surface area contributed by atoms with E-state index in [1.54, 1.807) is 0 Å². The molecular weight excluding hydrogens is 336 g/mol. The largest absolute Gasteiger partial charge is 0.443 e. The molecule has 2 aromatic heterocycles. The summed E-state index contributed by atoms with van der Waals surface area (Å²) < 4.78 is 7.75. The molecule has 1 aliphatic rings. The van der Waals surface area contributed by atoms with Crippen molar-refractivity contribution in [2.75, 3.05) is 6.54 Å². The smallest absolute Gasteiger partial charge is 0.229 e. The molecular formula is C22H23N4O+. The van der Waals surface area contributed by atoms with Crippen molar-refractivity contribution in [3.8, 4) is 6.07 Å². The molecule has 0 saturated heterocycles. The first-order valence-corrected chi connectivity index (χ1v) is 9.18. The van der Waals surface area contributed by atoms with E-state index in [9.17, 15) is 0 Å². The molecule has 5 heteroatoms. The van der Waals surface area contributed by atoms with E-state index in [4.69, 9.17) is 9.68 Å². The van der Waals surface area contributed by atoms with Crippen LogP contribution in [0.1, 0.15) is 42.8 Å². The summed E-state index contributed by atoms with van der Waals surface area (Å²) in [6.07, 6.45) is 4.06. The summed E-state index contributed by atoms with van der Waals surface area (Å²) in [5.74, 6) is 0.815. The van der Waals surface area contributed by atoms with Crippen molar-refractivity contribution in [2.45, 2.75) is 34.1 Å². The van der Waals surface area contributed by atoms with Crippen LogP contribution in [0.15, 0.2) is 41.1 Å². The van der Waals surface area contributed by atoms with Crippen LogP contribution >= 0.6 is 0 Å². The zero-order valence-electron chi connectivity index (χ0n) is 16.2. The van der Waals surface area contributed by atoms with Crippen molar-refractivity contribution in [2.24, 2.45) is 0 Å². The summed E-state index contributed by atoms with van der Waals surface area (Å²) in [6, 6.07) is 12.6. The number of furan rings is 1. The quantitative estimate of drug-likeness (QED) is 0.631. The fourth-order valence-electron chi connectivity index (χ4n) is 3.11. The predicted molar refractivity (Wildman–Crippen MR) is 107 cm³/mol. The molecule has 0 bridgehead atoms. The van der Waals surface area contributed by atoms with Crippen LogP contribution in [-0.2, 0) is 0 Å². The number of nitriles is 1. The van der Waals surface area contributed by atoms with E-state index < -0.39 is 0 Å². The average molecular weight is 359 g/mol. The highest BCUT2D eigenvalue weighted by Gasteiger charge is 2.33. The lowest BCUT2D eigenvalue weighted by molar-refractivity contribution is -0.431. The fraction of sp³-hybridized carbons (Fsp3) is 0.273. The number of nitrogens with zero attached hydrogens (tertiary/aromatic N) is 4. The second kappa shape index (κ2) is 7.96. The Bertz CT molecular complexity index is 1070. The molecule has 0 amide bonds. The molecule has 0 fully saturated rings. The summed E-state index contributed by atoms with van der Waals surface area (Å²) in [6.45, 7) is 8.65. The highest BCUT2D eigenvalue weighted by Crippen LogP contribution is 2.35. The van der Waals surface area contributed by atoms with E-state index in [0.717, 1.165) is 33.7 Å². The molecule has 0 spiro atoms. The molecule has 3 heterocycles. The number of benzene rings is 1. The van der Waals surface area contributed by atoms with Gasteiger partial charge in [-0.15, -0.1) is 0 Å². The van der Waals surface area contributed by atoms with Gasteiger partial charge in [0, 0.05) is 5.56 Å². The molecule has 0 N–H and O–H groups in total. The molecule has 4 rings (SSSR count). The Hall–Kier alpha value is -3.26. The minimum Gasteiger partial charge on any atom is -0.443 e. The molecule has 5 nitrogen and oxygen atoms in total. The Labute approximate surface area is 159 Å². The average Bonchev–Trinajstić information content (AvgIpc) is 3.05. The standard InChI is InChI=1S/C20H17N4O.C2H6/c1-13-4-6-15(7-5-13)19-17(11-24(19)9-3-8-21)18-16-10-14(2)25-20(16)23-12-22-18;1-2/h4-7,10-12H,3,9H2,1-2H3;1-2H3/q+1;. The lowest BCUT2D eigenvalue weighted by Crippen LogP contribution is -2.24. The number of allylic oxidation sites excluding steroid dienone is 1. The van der Waals surface area contributed by atoms with Gasteiger partial charge in [0.2, 0.25) is 11.4 Å². The van der Waals surface area contributed by atoms with E-state index in [1.165, 1.54) is 11.9 Å². The van der Waals surface area contributed by atoms with Gasteiger partial charge < -0.3 is 4.42 Å². The first-order valence-electron chi connectivity index (χ1n) is 9.18. The maximum atomic E-state index is 8.92. The second-order valence-corrected chi connectivity index (χ2v) is 6.16. The lowest BCUT2D eigenvalue weighted by Gasteiger charge is -2.17. The number of aryl methyl sites for hydroxylation is 2. The number of hydrogen-bond acceptors (Lipinski definition) is 4. The van der Waals surface area contributed by atoms with Crippen molar-refractivity contribution < 1.29 is 8.99 Å². The summed E-state index contributed by atoms with van der Waals surface area (Å²) in [7, 11) is 0. The predicted octanol–water partition coefficient (Wildman–Crippen LogP) is 4.74. The minimum atomic E-state index is 0.475. The molecule has 1 aliphatic heterocycles. The maximum absolute atomic E-state index is 8.92. The van der Waals surface area contributed by atoms with Gasteiger partial charge in [-0.2, -0.15) is 9.84 Å². The van der Waals surface area contributed by atoms with E-state index in [2.05, 4.69) is 58.0 Å². The fourth-order valence-corrected chi connectivity index (χ4v) is 3.11. The zero-order valence-corrected chi connectivity index (χ0v) is 16.2. The van der Waals surface area contributed by atoms with Crippen molar-refractivity contribution >= 4 is 28.6 Å². The molecule has 3 aromatic rings. The summed E-state index contributed by atoms with van der Waals surface area (Å²) in [4.78, 5) is 8.71. The molecule has 0 unspecified atom stereocenters. The van der Waals surface area contributed by atoms with Crippen LogP contribution in [0.3, 0.4) is 0 Å². The Kier molecular flexibility index (Phi) is 5.46. The van der Waals surface area contributed by atoms with Gasteiger partial charge in [0.1, 0.15) is 17.7 Å². The molecule has 27 heavy (non-hydrogen) atoms. The molecule has 0 saturated carbocycles. The van der Waals surface area contributed by atoms with Crippen LogP contribution in [-0.4, -0.2) is 27.3 Å². The van der Waals surface area contributed by atoms with Gasteiger partial charge in [0.05, 0.1) is 23.6 Å². The highest BCUT2D eigenvalue weighted by atomic mass is 16.3. The molecule has 0 radical (unpaired) electrons. The Morgan fingerprint density at radius 3 is 2.56 bits per heavy atom. The van der Waals surface area contributed by atoms with E-state index >= 15 is 0 Å². The van der Waals surface area contributed by atoms with Gasteiger partial charge >= 0.3 is 0 Å². The van der Waals surface area contributed by atoms with Crippen LogP contribution in [0, 0.1) is 25.2 Å². The van der Waals surface area contributed by atoms with Gasteiger partial charge in [-0.1, -0.05) is 31.5 Å². The Balaban J connectivity index is 0.00000102. The number of hydrogen-bond donors (Lipinski definition) is 0. The topological polar surface area (TPSA) is 65.7 Å². The third-order valence-electron chi connectivity index (χ3n) is 4.32. The zero-order chi connectivity index (χ0) is 19.4. The highest BCUT2D eigenvalue weighted by molar-refractivity contribution is 6.23. The number of fused-ring (bicyclic) bond motifs is 1. The van der Waals surface area contributed by atoms with Gasteiger partial charge in [-0.05, 0) is 32.0 Å². The SMILES string of the molecule is CC.Cc1ccc(C2=C(c3ncnc4oc(C)cc34)C=[N+]2CCC#N)cc1. The van der Waals surface area contributed by atoms with Crippen molar-refractivity contribution in [1.29, 1.82) is 5.26 Å². The third-order valence-corrected chi connectivity index (χ3v) is 4.32. The van der Waals surface area contributed by atoms with Crippen molar-refractivity contribution in [1.82, 2.24) is 9.97 Å². The first kappa shape index (κ1) is 18.5. The summed E-state index contributed by atoms with van der Waals surface area (Å²) in [5, 5.41) is 9.83. The van der Waals surface area contributed by atoms with Crippen LogP contribution in [0.2, 0.25) is 0 Å². The monoisotopic (exact) mass is 359 g/mol. The molecule has 1 aromatic carbocycles. The van der Waals surface area contributed by atoms with Gasteiger partial charge in [0.15, 0.2) is 12.8 Å². The normalized spacial score (nSPS) is 12.8. The Morgan fingerprint density at radius 2 is 1.85 bits per heavy atom. The molecule has 0 aliphatic carbocycles. The van der Waals surface area contributed by atoms with Gasteiger partial charge in [0.25, 0.3) is 0 Å². The summed E-state index contributed by atoms with van der Waals surface area (Å²) in [5.41, 5.74) is 5.94. The van der Waals surface area contributed by atoms with Crippen LogP contribution < -0.4 is 0 Å². The molecule has 136 valence electrons. The second-order valence-electron chi connectivity index (χ2n) is 6.16. The minimum absolute atomic E-state index is 0.475. The first-order chi connectivity index (χ1) is 13.2. The van der Waals surface area contributed by atoms with Gasteiger partial charge in [-0.3, -0.25) is 0 Å².